The van der Waals surface area contributed by atoms with Crippen LogP contribution in [0.15, 0.2) is 24.3 Å². The first-order chi connectivity index (χ1) is 9.65. The maximum atomic E-state index is 12.2. The van der Waals surface area contributed by atoms with Crippen LogP contribution < -0.4 is 5.32 Å². The molecule has 0 aliphatic heterocycles. The van der Waals surface area contributed by atoms with Crippen molar-refractivity contribution in [3.05, 3.63) is 40.4 Å². The Morgan fingerprint density at radius 3 is 2.55 bits per heavy atom. The molecule has 6 nitrogen and oxygen atoms in total. The summed E-state index contributed by atoms with van der Waals surface area (Å²) >= 11 is 1.31. The molecular formula is C13H13N3O3S. The van der Waals surface area contributed by atoms with Gasteiger partial charge < -0.3 is 4.74 Å². The molecule has 0 aliphatic rings. The van der Waals surface area contributed by atoms with Gasteiger partial charge >= 0.3 is 5.97 Å². The first-order valence-corrected chi connectivity index (χ1v) is 6.78. The van der Waals surface area contributed by atoms with E-state index in [9.17, 15) is 9.59 Å². The van der Waals surface area contributed by atoms with Gasteiger partial charge in [-0.1, -0.05) is 30.4 Å². The monoisotopic (exact) mass is 291 g/mol. The summed E-state index contributed by atoms with van der Waals surface area (Å²) in [6.07, 6.45) is 0.756. The number of aromatic nitrogens is 2. The van der Waals surface area contributed by atoms with Crippen molar-refractivity contribution in [2.75, 3.05) is 12.4 Å². The topological polar surface area (TPSA) is 81.2 Å². The van der Waals surface area contributed by atoms with Gasteiger partial charge in [-0.05, 0) is 18.6 Å². The van der Waals surface area contributed by atoms with Crippen LogP contribution in [0.1, 0.15) is 32.6 Å². The number of methoxy groups -OCH3 is 1. The van der Waals surface area contributed by atoms with Gasteiger partial charge in [-0.3, -0.25) is 10.1 Å². The number of aryl methyl sites for hydroxylation is 1. The van der Waals surface area contributed by atoms with Crippen molar-refractivity contribution in [2.24, 2.45) is 0 Å². The minimum atomic E-state index is -0.553. The Labute approximate surface area is 119 Å². The summed E-state index contributed by atoms with van der Waals surface area (Å²) in [5.74, 6) is -0.966. The average Bonchev–Trinajstić information content (AvgIpc) is 2.94. The average molecular weight is 291 g/mol. The van der Waals surface area contributed by atoms with E-state index in [-0.39, 0.29) is 11.1 Å². The van der Waals surface area contributed by atoms with Gasteiger partial charge in [0.2, 0.25) is 5.13 Å². The summed E-state index contributed by atoms with van der Waals surface area (Å²) < 4.78 is 4.65. The zero-order chi connectivity index (χ0) is 14.5. The highest BCUT2D eigenvalue weighted by molar-refractivity contribution is 7.15. The van der Waals surface area contributed by atoms with E-state index in [4.69, 9.17) is 0 Å². The summed E-state index contributed by atoms with van der Waals surface area (Å²) in [7, 11) is 1.27. The third kappa shape index (κ3) is 3.00. The quantitative estimate of drug-likeness (QED) is 0.873. The molecular weight excluding hydrogens is 278 g/mol. The lowest BCUT2D eigenvalue weighted by molar-refractivity contribution is 0.0597. The van der Waals surface area contributed by atoms with E-state index in [2.05, 4.69) is 20.3 Å². The third-order valence-electron chi connectivity index (χ3n) is 2.57. The molecule has 0 unspecified atom stereocenters. The third-order valence-corrected chi connectivity index (χ3v) is 3.55. The van der Waals surface area contributed by atoms with Gasteiger partial charge in [0.25, 0.3) is 5.91 Å². The van der Waals surface area contributed by atoms with E-state index in [1.165, 1.54) is 24.5 Å². The van der Waals surface area contributed by atoms with Crippen molar-refractivity contribution in [1.29, 1.82) is 0 Å². The minimum Gasteiger partial charge on any atom is -0.465 e. The highest BCUT2D eigenvalue weighted by atomic mass is 32.1. The summed E-state index contributed by atoms with van der Waals surface area (Å²) in [4.78, 5) is 23.8. The lowest BCUT2D eigenvalue weighted by Crippen LogP contribution is -2.17. The lowest BCUT2D eigenvalue weighted by Gasteiger charge is -2.06. The van der Waals surface area contributed by atoms with Crippen molar-refractivity contribution in [3.63, 3.8) is 0 Å². The van der Waals surface area contributed by atoms with Crippen molar-refractivity contribution in [2.45, 2.75) is 13.3 Å². The Morgan fingerprint density at radius 1 is 1.25 bits per heavy atom. The zero-order valence-corrected chi connectivity index (χ0v) is 11.9. The van der Waals surface area contributed by atoms with Crippen LogP contribution in [-0.2, 0) is 11.2 Å². The fourth-order valence-electron chi connectivity index (χ4n) is 1.58. The molecule has 0 radical (unpaired) electrons. The van der Waals surface area contributed by atoms with Gasteiger partial charge in [0.05, 0.1) is 18.2 Å². The van der Waals surface area contributed by atoms with Crippen molar-refractivity contribution in [3.8, 4) is 0 Å². The number of benzene rings is 1. The summed E-state index contributed by atoms with van der Waals surface area (Å²) in [6.45, 7) is 1.96. The predicted molar refractivity (Wildman–Crippen MR) is 75.0 cm³/mol. The summed E-state index contributed by atoms with van der Waals surface area (Å²) in [5, 5.41) is 11.7. The normalized spacial score (nSPS) is 10.1. The summed E-state index contributed by atoms with van der Waals surface area (Å²) in [5.41, 5.74) is 0.459. The Bertz CT molecular complexity index is 639. The highest BCUT2D eigenvalue weighted by Crippen LogP contribution is 2.18. The van der Waals surface area contributed by atoms with Gasteiger partial charge in [0.1, 0.15) is 5.01 Å². The molecule has 7 heteroatoms. The van der Waals surface area contributed by atoms with E-state index in [0.717, 1.165) is 11.4 Å². The first-order valence-electron chi connectivity index (χ1n) is 5.96. The SMILES string of the molecule is CCc1nnc(NC(=O)c2ccccc2C(=O)OC)s1. The standard InChI is InChI=1S/C13H13N3O3S/c1-3-10-15-16-13(20-10)14-11(17)8-6-4-5-7-9(8)12(18)19-2/h4-7H,3H2,1-2H3,(H,14,16,17). The molecule has 1 amide bonds. The molecule has 0 saturated carbocycles. The number of rotatable bonds is 4. The van der Waals surface area contributed by atoms with Crippen LogP contribution in [0.4, 0.5) is 5.13 Å². The number of nitrogens with zero attached hydrogens (tertiary/aromatic N) is 2. The molecule has 2 aromatic rings. The Balaban J connectivity index is 2.23. The smallest absolute Gasteiger partial charge is 0.338 e. The maximum absolute atomic E-state index is 12.2. The lowest BCUT2D eigenvalue weighted by atomic mass is 10.1. The molecule has 1 aromatic heterocycles. The van der Waals surface area contributed by atoms with Gasteiger partial charge in [-0.15, -0.1) is 10.2 Å². The Kier molecular flexibility index (Phi) is 4.41. The van der Waals surface area contributed by atoms with Crippen LogP contribution in [0.3, 0.4) is 0 Å². The van der Waals surface area contributed by atoms with Gasteiger partial charge in [0.15, 0.2) is 0 Å². The second-order valence-corrected chi connectivity index (χ2v) is 4.91. The van der Waals surface area contributed by atoms with E-state index in [1.807, 2.05) is 6.92 Å². The number of amides is 1. The molecule has 104 valence electrons. The number of carbonyl (C=O) groups is 2. The predicted octanol–water partition coefficient (Wildman–Crippen LogP) is 2.14. The Morgan fingerprint density at radius 2 is 1.95 bits per heavy atom. The van der Waals surface area contributed by atoms with Gasteiger partial charge in [0, 0.05) is 0 Å². The largest absolute Gasteiger partial charge is 0.465 e. The molecule has 0 atom stereocenters. The number of carbonyl (C=O) groups excluding carboxylic acids is 2. The molecule has 0 aliphatic carbocycles. The first kappa shape index (κ1) is 14.1. The minimum absolute atomic E-state index is 0.215. The fraction of sp³-hybridized carbons (Fsp3) is 0.231. The van der Waals surface area contributed by atoms with Gasteiger partial charge in [-0.2, -0.15) is 0 Å². The molecule has 0 fully saturated rings. The number of hydrogen-bond donors (Lipinski definition) is 1. The van der Waals surface area contributed by atoms with Crippen LogP contribution in [-0.4, -0.2) is 29.2 Å². The number of ether oxygens (including phenoxy) is 1. The second kappa shape index (κ2) is 6.25. The van der Waals surface area contributed by atoms with Crippen molar-refractivity contribution >= 4 is 28.3 Å². The van der Waals surface area contributed by atoms with Crippen LogP contribution in [0, 0.1) is 0 Å². The summed E-state index contributed by atoms with van der Waals surface area (Å²) in [6, 6.07) is 6.45. The molecule has 2 rings (SSSR count). The highest BCUT2D eigenvalue weighted by Gasteiger charge is 2.18. The number of hydrogen-bond acceptors (Lipinski definition) is 6. The van der Waals surface area contributed by atoms with E-state index < -0.39 is 11.9 Å². The molecule has 0 bridgehead atoms. The van der Waals surface area contributed by atoms with Crippen molar-refractivity contribution < 1.29 is 14.3 Å². The zero-order valence-electron chi connectivity index (χ0n) is 11.0. The second-order valence-electron chi connectivity index (χ2n) is 3.85. The van der Waals surface area contributed by atoms with Crippen LogP contribution >= 0.6 is 11.3 Å². The van der Waals surface area contributed by atoms with Crippen LogP contribution in [0.2, 0.25) is 0 Å². The number of esters is 1. The van der Waals surface area contributed by atoms with E-state index >= 15 is 0 Å². The maximum Gasteiger partial charge on any atom is 0.338 e. The molecule has 1 N–H and O–H groups in total. The molecule has 1 aromatic carbocycles. The van der Waals surface area contributed by atoms with Crippen LogP contribution in [0.25, 0.3) is 0 Å². The van der Waals surface area contributed by atoms with Crippen molar-refractivity contribution in [1.82, 2.24) is 10.2 Å². The molecule has 0 saturated heterocycles. The van der Waals surface area contributed by atoms with E-state index in [1.54, 1.807) is 18.2 Å². The fourth-order valence-corrected chi connectivity index (χ4v) is 2.26. The number of nitrogens with one attached hydrogen (secondary N) is 1. The molecule has 1 heterocycles. The van der Waals surface area contributed by atoms with Gasteiger partial charge in [-0.25, -0.2) is 4.79 Å². The molecule has 20 heavy (non-hydrogen) atoms. The Hall–Kier alpha value is -2.28. The van der Waals surface area contributed by atoms with E-state index in [0.29, 0.717) is 5.13 Å². The number of anilines is 1. The van der Waals surface area contributed by atoms with Crippen LogP contribution in [0.5, 0.6) is 0 Å². The molecule has 0 spiro atoms.